The molecule has 0 fully saturated rings. The lowest BCUT2D eigenvalue weighted by Crippen LogP contribution is -2.14. The van der Waals surface area contributed by atoms with Crippen molar-refractivity contribution in [3.05, 3.63) is 36.5 Å². The average Bonchev–Trinajstić information content (AvgIpc) is 2.05. The summed E-state index contributed by atoms with van der Waals surface area (Å²) in [7, 11) is 0. The van der Waals surface area contributed by atoms with E-state index in [1.807, 2.05) is 19.1 Å². The Hall–Kier alpha value is -1.51. The van der Waals surface area contributed by atoms with Crippen molar-refractivity contribution >= 4 is 6.09 Å². The molecule has 0 saturated carbocycles. The minimum absolute atomic E-state index is 0.170. The molecule has 0 aromatic rings. The maximum atomic E-state index is 10.2. The van der Waals surface area contributed by atoms with Gasteiger partial charge in [-0.2, -0.15) is 0 Å². The van der Waals surface area contributed by atoms with Gasteiger partial charge in [0.1, 0.15) is 6.61 Å². The van der Waals surface area contributed by atoms with E-state index in [4.69, 9.17) is 5.73 Å². The van der Waals surface area contributed by atoms with Crippen LogP contribution in [0.25, 0.3) is 0 Å². The van der Waals surface area contributed by atoms with Gasteiger partial charge in [-0.3, -0.25) is 0 Å². The number of ether oxygens (including phenoxy) is 1. The molecule has 0 aliphatic heterocycles. The van der Waals surface area contributed by atoms with Crippen molar-refractivity contribution in [2.75, 3.05) is 6.61 Å². The zero-order valence-corrected chi connectivity index (χ0v) is 7.12. The van der Waals surface area contributed by atoms with E-state index >= 15 is 0 Å². The number of primary amides is 1. The maximum absolute atomic E-state index is 10.2. The molecule has 0 aliphatic rings. The Morgan fingerprint density at radius 3 is 2.75 bits per heavy atom. The molecular formula is C9H13NO2. The first-order valence-electron chi connectivity index (χ1n) is 3.57. The SMILES string of the molecule is C=C/C(=C\C=C/C)COC(N)=O. The number of allylic oxidation sites excluding steroid dienone is 3. The number of carbonyl (C=O) groups excluding carboxylic acids is 1. The van der Waals surface area contributed by atoms with Crippen molar-refractivity contribution < 1.29 is 9.53 Å². The van der Waals surface area contributed by atoms with Gasteiger partial charge in [-0.15, -0.1) is 0 Å². The van der Waals surface area contributed by atoms with Crippen LogP contribution in [0.5, 0.6) is 0 Å². The highest BCUT2D eigenvalue weighted by Gasteiger charge is 1.94. The summed E-state index contributed by atoms with van der Waals surface area (Å²) >= 11 is 0. The van der Waals surface area contributed by atoms with Crippen LogP contribution in [0.15, 0.2) is 36.5 Å². The highest BCUT2D eigenvalue weighted by Crippen LogP contribution is 1.97. The molecule has 0 aliphatic carbocycles. The van der Waals surface area contributed by atoms with E-state index in [-0.39, 0.29) is 6.61 Å². The summed E-state index contributed by atoms with van der Waals surface area (Å²) in [5.74, 6) is 0. The van der Waals surface area contributed by atoms with Gasteiger partial charge in [0.05, 0.1) is 0 Å². The topological polar surface area (TPSA) is 52.3 Å². The van der Waals surface area contributed by atoms with Crippen LogP contribution in [0.4, 0.5) is 4.79 Å². The van der Waals surface area contributed by atoms with Gasteiger partial charge in [0.25, 0.3) is 0 Å². The quantitative estimate of drug-likeness (QED) is 0.649. The number of carbonyl (C=O) groups is 1. The normalized spacial score (nSPS) is 11.6. The van der Waals surface area contributed by atoms with Crippen molar-refractivity contribution in [2.24, 2.45) is 5.73 Å². The van der Waals surface area contributed by atoms with E-state index in [1.165, 1.54) is 0 Å². The molecule has 3 heteroatoms. The molecule has 66 valence electrons. The molecule has 2 N–H and O–H groups in total. The maximum Gasteiger partial charge on any atom is 0.404 e. The molecule has 12 heavy (non-hydrogen) atoms. The molecule has 1 amide bonds. The molecule has 0 spiro atoms. The zero-order valence-electron chi connectivity index (χ0n) is 7.12. The Bertz CT molecular complexity index is 217. The molecular weight excluding hydrogens is 154 g/mol. The van der Waals surface area contributed by atoms with E-state index in [9.17, 15) is 4.79 Å². The first kappa shape index (κ1) is 10.5. The van der Waals surface area contributed by atoms with Crippen molar-refractivity contribution in [3.8, 4) is 0 Å². The van der Waals surface area contributed by atoms with Gasteiger partial charge in [0, 0.05) is 0 Å². The second-order valence-electron chi connectivity index (χ2n) is 2.08. The van der Waals surface area contributed by atoms with Crippen LogP contribution in [0.3, 0.4) is 0 Å². The van der Waals surface area contributed by atoms with Crippen molar-refractivity contribution in [3.63, 3.8) is 0 Å². The molecule has 0 radical (unpaired) electrons. The van der Waals surface area contributed by atoms with Gasteiger partial charge < -0.3 is 10.5 Å². The lowest BCUT2D eigenvalue weighted by molar-refractivity contribution is 0.167. The fourth-order valence-corrected chi connectivity index (χ4v) is 0.549. The minimum Gasteiger partial charge on any atom is -0.445 e. The van der Waals surface area contributed by atoms with E-state index in [2.05, 4.69) is 11.3 Å². The van der Waals surface area contributed by atoms with Gasteiger partial charge in [-0.25, -0.2) is 4.79 Å². The van der Waals surface area contributed by atoms with E-state index < -0.39 is 6.09 Å². The lowest BCUT2D eigenvalue weighted by atomic mass is 10.2. The molecule has 0 aromatic heterocycles. The second-order valence-corrected chi connectivity index (χ2v) is 2.08. The molecule has 3 nitrogen and oxygen atoms in total. The summed E-state index contributed by atoms with van der Waals surface area (Å²) in [4.78, 5) is 10.2. The molecule has 0 atom stereocenters. The van der Waals surface area contributed by atoms with Gasteiger partial charge >= 0.3 is 6.09 Å². The van der Waals surface area contributed by atoms with Crippen molar-refractivity contribution in [1.29, 1.82) is 0 Å². The lowest BCUT2D eigenvalue weighted by Gasteiger charge is -2.00. The molecule has 0 saturated heterocycles. The standard InChI is InChI=1S/C9H13NO2/c1-3-5-6-8(4-2)7-12-9(10)11/h3-6H,2,7H2,1H3,(H2,10,11)/b5-3-,8-6+. The monoisotopic (exact) mass is 167 g/mol. The van der Waals surface area contributed by atoms with Crippen molar-refractivity contribution in [2.45, 2.75) is 6.92 Å². The molecule has 0 aromatic carbocycles. The third-order valence-corrected chi connectivity index (χ3v) is 1.15. The Morgan fingerprint density at radius 2 is 2.33 bits per heavy atom. The van der Waals surface area contributed by atoms with Crippen LogP contribution in [0.2, 0.25) is 0 Å². The smallest absolute Gasteiger partial charge is 0.404 e. The summed E-state index contributed by atoms with van der Waals surface area (Å²) in [5.41, 5.74) is 5.60. The predicted octanol–water partition coefficient (Wildman–Crippen LogP) is 1.77. The Kier molecular flexibility index (Phi) is 5.43. The highest BCUT2D eigenvalue weighted by molar-refractivity contribution is 5.64. The Labute approximate surface area is 72.2 Å². The summed E-state index contributed by atoms with van der Waals surface area (Å²) in [6.07, 6.45) is 6.34. The number of hydrogen-bond donors (Lipinski definition) is 1. The molecule has 0 rings (SSSR count). The van der Waals surface area contributed by atoms with Crippen LogP contribution in [-0.4, -0.2) is 12.7 Å². The number of rotatable bonds is 4. The number of nitrogens with two attached hydrogens (primary N) is 1. The second kappa shape index (κ2) is 6.22. The summed E-state index contributed by atoms with van der Waals surface area (Å²) in [6, 6.07) is 0. The fraction of sp³-hybridized carbons (Fsp3) is 0.222. The van der Waals surface area contributed by atoms with E-state index in [1.54, 1.807) is 12.2 Å². The van der Waals surface area contributed by atoms with Gasteiger partial charge in [-0.1, -0.05) is 30.9 Å². The Balaban J connectivity index is 3.99. The first-order valence-corrected chi connectivity index (χ1v) is 3.57. The van der Waals surface area contributed by atoms with Gasteiger partial charge in [0.15, 0.2) is 0 Å². The third-order valence-electron chi connectivity index (χ3n) is 1.15. The zero-order chi connectivity index (χ0) is 9.40. The highest BCUT2D eigenvalue weighted by atomic mass is 16.5. The fourth-order valence-electron chi connectivity index (χ4n) is 0.549. The first-order chi connectivity index (χ1) is 5.70. The van der Waals surface area contributed by atoms with Crippen molar-refractivity contribution in [1.82, 2.24) is 0 Å². The van der Waals surface area contributed by atoms with Crippen LogP contribution in [0, 0.1) is 0 Å². The summed E-state index contributed by atoms with van der Waals surface area (Å²) in [5, 5.41) is 0. The predicted molar refractivity (Wildman–Crippen MR) is 48.6 cm³/mol. The number of amides is 1. The van der Waals surface area contributed by atoms with Crippen LogP contribution < -0.4 is 5.73 Å². The minimum atomic E-state index is -0.775. The summed E-state index contributed by atoms with van der Waals surface area (Å²) < 4.78 is 4.56. The average molecular weight is 167 g/mol. The molecule has 0 unspecified atom stereocenters. The Morgan fingerprint density at radius 1 is 1.67 bits per heavy atom. The summed E-state index contributed by atoms with van der Waals surface area (Å²) in [6.45, 7) is 5.62. The van der Waals surface area contributed by atoms with Crippen LogP contribution in [-0.2, 0) is 4.74 Å². The van der Waals surface area contributed by atoms with Crippen LogP contribution in [0.1, 0.15) is 6.92 Å². The van der Waals surface area contributed by atoms with E-state index in [0.29, 0.717) is 0 Å². The van der Waals surface area contributed by atoms with Gasteiger partial charge in [-0.05, 0) is 12.5 Å². The van der Waals surface area contributed by atoms with Crippen LogP contribution >= 0.6 is 0 Å². The molecule has 0 heterocycles. The largest absolute Gasteiger partial charge is 0.445 e. The van der Waals surface area contributed by atoms with E-state index in [0.717, 1.165) is 5.57 Å². The third kappa shape index (κ3) is 5.29. The molecule has 0 bridgehead atoms. The van der Waals surface area contributed by atoms with Gasteiger partial charge in [0.2, 0.25) is 0 Å². The number of hydrogen-bond acceptors (Lipinski definition) is 2.